The smallest absolute Gasteiger partial charge is 0.194 e. The van der Waals surface area contributed by atoms with E-state index in [9.17, 15) is 17.6 Å². The standard InChI is InChI=1S/C23H23F4N3S/c1-29-14-22-17(11-16-12-20(25)23(27)21(26)13-16)7-10-19(30-31(22)28)4-2-3-15-5-8-18(24)9-6-15/h5-14,19,29H,2-4H2,1H3,(H2,28,30)/b17-11+,22-14?. The van der Waals surface area contributed by atoms with Gasteiger partial charge in [-0.1, -0.05) is 24.3 Å². The molecule has 2 atom stereocenters. The molecule has 0 radical (unpaired) electrons. The molecule has 0 spiro atoms. The van der Waals surface area contributed by atoms with Crippen LogP contribution in [0.1, 0.15) is 24.0 Å². The number of rotatable bonds is 6. The van der Waals surface area contributed by atoms with Gasteiger partial charge >= 0.3 is 0 Å². The number of allylic oxidation sites excluding steroid dienone is 2. The first-order valence-electron chi connectivity index (χ1n) is 9.75. The van der Waals surface area contributed by atoms with Crippen molar-refractivity contribution in [1.82, 2.24) is 10.0 Å². The number of nitrogens with one attached hydrogen (secondary N) is 3. The molecule has 2 aromatic carbocycles. The van der Waals surface area contributed by atoms with Crippen molar-refractivity contribution < 1.29 is 17.6 Å². The number of halogens is 4. The lowest BCUT2D eigenvalue weighted by Crippen LogP contribution is -2.28. The summed E-state index contributed by atoms with van der Waals surface area (Å²) >= 11 is 0. The van der Waals surface area contributed by atoms with E-state index in [4.69, 9.17) is 4.78 Å². The Balaban J connectivity index is 1.78. The van der Waals surface area contributed by atoms with Gasteiger partial charge in [0.05, 0.1) is 4.91 Å². The van der Waals surface area contributed by atoms with Crippen molar-refractivity contribution in [1.29, 1.82) is 4.78 Å². The van der Waals surface area contributed by atoms with E-state index in [0.717, 1.165) is 37.0 Å². The molecular weight excluding hydrogens is 426 g/mol. The summed E-state index contributed by atoms with van der Waals surface area (Å²) in [5, 5.41) is 2.90. The predicted molar refractivity (Wildman–Crippen MR) is 117 cm³/mol. The molecule has 8 heteroatoms. The molecule has 1 heterocycles. The summed E-state index contributed by atoms with van der Waals surface area (Å²) < 4.78 is 65.3. The monoisotopic (exact) mass is 449 g/mol. The number of aryl methyl sites for hydroxylation is 1. The average molecular weight is 450 g/mol. The Morgan fingerprint density at radius 2 is 1.77 bits per heavy atom. The Bertz CT molecular complexity index is 1020. The molecule has 0 bridgehead atoms. The van der Waals surface area contributed by atoms with Crippen molar-refractivity contribution in [2.24, 2.45) is 0 Å². The van der Waals surface area contributed by atoms with Gasteiger partial charge < -0.3 is 5.32 Å². The van der Waals surface area contributed by atoms with Gasteiger partial charge in [-0.15, -0.1) is 0 Å². The Morgan fingerprint density at radius 3 is 2.42 bits per heavy atom. The van der Waals surface area contributed by atoms with Crippen LogP contribution in [0.3, 0.4) is 0 Å². The summed E-state index contributed by atoms with van der Waals surface area (Å²) in [4.78, 5) is 0.616. The maximum absolute atomic E-state index is 13.6. The van der Waals surface area contributed by atoms with E-state index in [0.29, 0.717) is 10.5 Å². The highest BCUT2D eigenvalue weighted by Gasteiger charge is 2.18. The number of hydrogen-bond donors (Lipinski definition) is 3. The summed E-state index contributed by atoms with van der Waals surface area (Å²) in [6.07, 6.45) is 9.30. The minimum atomic E-state index is -1.51. The van der Waals surface area contributed by atoms with Crippen LogP contribution in [-0.2, 0) is 17.3 Å². The lowest BCUT2D eigenvalue weighted by Gasteiger charge is -2.15. The highest BCUT2D eigenvalue weighted by atomic mass is 32.2. The summed E-state index contributed by atoms with van der Waals surface area (Å²) in [6.45, 7) is 0. The molecule has 1 aliphatic heterocycles. The van der Waals surface area contributed by atoms with Crippen LogP contribution >= 0.6 is 0 Å². The van der Waals surface area contributed by atoms with Crippen molar-refractivity contribution in [3.05, 3.63) is 99.6 Å². The zero-order valence-electron chi connectivity index (χ0n) is 16.9. The van der Waals surface area contributed by atoms with Gasteiger partial charge in [-0.25, -0.2) is 22.3 Å². The van der Waals surface area contributed by atoms with E-state index in [1.807, 2.05) is 6.08 Å². The summed E-state index contributed by atoms with van der Waals surface area (Å²) in [7, 11) is 0.614. The van der Waals surface area contributed by atoms with Crippen molar-refractivity contribution in [3.63, 3.8) is 0 Å². The normalized spacial score (nSPS) is 21.5. The van der Waals surface area contributed by atoms with Gasteiger partial charge in [0.25, 0.3) is 0 Å². The van der Waals surface area contributed by atoms with Gasteiger partial charge in [-0.2, -0.15) is 0 Å². The molecule has 31 heavy (non-hydrogen) atoms. The molecule has 0 fully saturated rings. The van der Waals surface area contributed by atoms with Crippen LogP contribution in [0.5, 0.6) is 0 Å². The van der Waals surface area contributed by atoms with Gasteiger partial charge in [0, 0.05) is 19.3 Å². The van der Waals surface area contributed by atoms with Crippen molar-refractivity contribution >= 4 is 17.0 Å². The topological polar surface area (TPSA) is 47.9 Å². The first-order valence-corrected chi connectivity index (χ1v) is 11.0. The fourth-order valence-electron chi connectivity index (χ4n) is 3.24. The minimum absolute atomic E-state index is 0.0749. The lowest BCUT2D eigenvalue weighted by atomic mass is 10.0. The number of hydrogen-bond acceptors (Lipinski definition) is 2. The first-order chi connectivity index (χ1) is 14.9. The Labute approximate surface area is 181 Å². The Kier molecular flexibility index (Phi) is 7.81. The second-order valence-electron chi connectivity index (χ2n) is 7.10. The molecule has 3 nitrogen and oxygen atoms in total. The Morgan fingerprint density at radius 1 is 1.10 bits per heavy atom. The summed E-state index contributed by atoms with van der Waals surface area (Å²) in [6, 6.07) is 8.18. The third kappa shape index (κ3) is 6.15. The molecule has 2 aromatic rings. The van der Waals surface area contributed by atoms with E-state index in [1.54, 1.807) is 31.5 Å². The molecule has 0 aromatic heterocycles. The average Bonchev–Trinajstić information content (AvgIpc) is 2.87. The predicted octanol–water partition coefficient (Wildman–Crippen LogP) is 5.53. The first kappa shape index (κ1) is 23.0. The molecule has 0 aliphatic carbocycles. The highest BCUT2D eigenvalue weighted by Crippen LogP contribution is 2.24. The van der Waals surface area contributed by atoms with Crippen LogP contribution in [0.15, 0.2) is 65.2 Å². The van der Waals surface area contributed by atoms with Gasteiger partial charge in [0.1, 0.15) is 5.82 Å². The van der Waals surface area contributed by atoms with E-state index < -0.39 is 28.3 Å². The van der Waals surface area contributed by atoms with E-state index in [1.165, 1.54) is 18.2 Å². The highest BCUT2D eigenvalue weighted by molar-refractivity contribution is 7.88. The summed E-state index contributed by atoms with van der Waals surface area (Å²) in [5.41, 5.74) is 1.82. The van der Waals surface area contributed by atoms with Crippen molar-refractivity contribution in [2.45, 2.75) is 25.3 Å². The van der Waals surface area contributed by atoms with Crippen molar-refractivity contribution in [2.75, 3.05) is 7.05 Å². The maximum Gasteiger partial charge on any atom is 0.194 e. The number of benzene rings is 2. The fourth-order valence-corrected chi connectivity index (χ4v) is 4.46. The van der Waals surface area contributed by atoms with Crippen LogP contribution in [0.4, 0.5) is 17.6 Å². The Hall–Kier alpha value is -2.71. The molecular formula is C23H23F4N3S. The summed E-state index contributed by atoms with van der Waals surface area (Å²) in [5.74, 6) is -4.29. The molecule has 0 saturated heterocycles. The van der Waals surface area contributed by atoms with Crippen LogP contribution in [0.2, 0.25) is 0 Å². The van der Waals surface area contributed by atoms with Crippen molar-refractivity contribution in [3.8, 4) is 0 Å². The third-order valence-electron chi connectivity index (χ3n) is 4.78. The maximum atomic E-state index is 13.6. The van der Waals surface area contributed by atoms with Crippen LogP contribution in [0.25, 0.3) is 6.08 Å². The van der Waals surface area contributed by atoms with E-state index >= 15 is 0 Å². The van der Waals surface area contributed by atoms with Crippen LogP contribution < -0.4 is 10.0 Å². The van der Waals surface area contributed by atoms with Gasteiger partial charge in [0.15, 0.2) is 17.5 Å². The third-order valence-corrected chi connectivity index (χ3v) is 6.11. The van der Waals surface area contributed by atoms with Gasteiger partial charge in [0.2, 0.25) is 0 Å². The quantitative estimate of drug-likeness (QED) is 0.401. The molecule has 0 amide bonds. The molecule has 164 valence electrons. The zero-order valence-corrected chi connectivity index (χ0v) is 17.7. The van der Waals surface area contributed by atoms with Gasteiger partial charge in [-0.3, -0.25) is 4.78 Å². The van der Waals surface area contributed by atoms with Crippen LogP contribution in [0, 0.1) is 28.0 Å². The molecule has 3 N–H and O–H groups in total. The fraction of sp³-hybridized carbons (Fsp3) is 0.217. The zero-order chi connectivity index (χ0) is 22.4. The molecule has 1 aliphatic rings. The molecule has 3 rings (SSSR count). The van der Waals surface area contributed by atoms with E-state index in [2.05, 4.69) is 10.0 Å². The second kappa shape index (κ2) is 10.5. The molecule has 0 saturated carbocycles. The second-order valence-corrected chi connectivity index (χ2v) is 8.39. The van der Waals surface area contributed by atoms with Gasteiger partial charge in [-0.05, 0) is 77.2 Å². The minimum Gasteiger partial charge on any atom is -0.393 e. The van der Waals surface area contributed by atoms with Crippen LogP contribution in [-0.4, -0.2) is 13.1 Å². The largest absolute Gasteiger partial charge is 0.393 e. The molecule has 2 unspecified atom stereocenters. The SMILES string of the molecule is CNC=C1/C(=C/c2cc(F)c(F)c(F)c2)C=CC(CCCc2ccc(F)cc2)NS1=N. The van der Waals surface area contributed by atoms with E-state index in [-0.39, 0.29) is 17.4 Å². The lowest BCUT2D eigenvalue weighted by molar-refractivity contribution is 0.447.